The smallest absolute Gasteiger partial charge is 0.195 e. The molecule has 0 saturated heterocycles. The quantitative estimate of drug-likeness (QED) is 0.179. The molecule has 172 valence electrons. The van der Waals surface area contributed by atoms with Gasteiger partial charge in [0, 0.05) is 16.6 Å². The average Bonchev–Trinajstić information content (AvgIpc) is 2.84. The third-order valence-electron chi connectivity index (χ3n) is 5.29. The standard InChI is InChI=1S/C28H21F4NO/c1-2-13-34-23-11-10-22(33-17-23)9-5-19-4-8-20(25(29)15-19)7-3-18-6-12-24-21(14-18)16-26(30)28(32)27(24)31/h4,6,8,10-12,14-17H,2,5,9,13H2,1H3. The van der Waals surface area contributed by atoms with E-state index >= 15 is 0 Å². The van der Waals surface area contributed by atoms with Crippen LogP contribution in [0.3, 0.4) is 0 Å². The molecule has 0 fully saturated rings. The van der Waals surface area contributed by atoms with Gasteiger partial charge in [0.25, 0.3) is 0 Å². The van der Waals surface area contributed by atoms with E-state index in [9.17, 15) is 17.6 Å². The molecule has 0 unspecified atom stereocenters. The number of ether oxygens (including phenoxy) is 1. The lowest BCUT2D eigenvalue weighted by molar-refractivity contribution is 0.316. The van der Waals surface area contributed by atoms with Crippen LogP contribution >= 0.6 is 0 Å². The van der Waals surface area contributed by atoms with Crippen LogP contribution in [0.2, 0.25) is 0 Å². The minimum atomic E-state index is -1.51. The Morgan fingerprint density at radius 3 is 2.41 bits per heavy atom. The molecule has 0 bridgehead atoms. The first kappa shape index (κ1) is 23.3. The molecule has 34 heavy (non-hydrogen) atoms. The lowest BCUT2D eigenvalue weighted by Crippen LogP contribution is -1.98. The van der Waals surface area contributed by atoms with Crippen LogP contribution in [0.4, 0.5) is 17.6 Å². The molecule has 3 aromatic carbocycles. The highest BCUT2D eigenvalue weighted by Gasteiger charge is 2.13. The second-order valence-electron chi connectivity index (χ2n) is 7.82. The molecule has 0 saturated carbocycles. The fraction of sp³-hybridized carbons (Fsp3) is 0.179. The van der Waals surface area contributed by atoms with E-state index in [0.29, 0.717) is 25.0 Å². The lowest BCUT2D eigenvalue weighted by Gasteiger charge is -2.06. The molecule has 0 aliphatic heterocycles. The summed E-state index contributed by atoms with van der Waals surface area (Å²) in [6, 6.07) is 13.8. The summed E-state index contributed by atoms with van der Waals surface area (Å²) in [7, 11) is 0. The van der Waals surface area contributed by atoms with Crippen molar-refractivity contribution in [1.29, 1.82) is 0 Å². The molecule has 2 nitrogen and oxygen atoms in total. The maximum absolute atomic E-state index is 14.6. The van der Waals surface area contributed by atoms with E-state index < -0.39 is 23.3 Å². The van der Waals surface area contributed by atoms with Crippen molar-refractivity contribution in [1.82, 2.24) is 4.98 Å². The molecule has 0 atom stereocenters. The van der Waals surface area contributed by atoms with Gasteiger partial charge in [0.1, 0.15) is 11.6 Å². The minimum Gasteiger partial charge on any atom is -0.492 e. The van der Waals surface area contributed by atoms with E-state index in [1.54, 1.807) is 18.3 Å². The van der Waals surface area contributed by atoms with Crippen molar-refractivity contribution in [3.05, 3.63) is 106 Å². The van der Waals surface area contributed by atoms with Gasteiger partial charge in [0.2, 0.25) is 0 Å². The largest absolute Gasteiger partial charge is 0.492 e. The predicted molar refractivity (Wildman–Crippen MR) is 124 cm³/mol. The van der Waals surface area contributed by atoms with Gasteiger partial charge in [0.05, 0.1) is 18.4 Å². The van der Waals surface area contributed by atoms with Gasteiger partial charge in [-0.3, -0.25) is 4.98 Å². The van der Waals surface area contributed by atoms with Gasteiger partial charge in [-0.1, -0.05) is 30.9 Å². The summed E-state index contributed by atoms with van der Waals surface area (Å²) in [5, 5.41) is 0.134. The summed E-state index contributed by atoms with van der Waals surface area (Å²) >= 11 is 0. The summed E-state index contributed by atoms with van der Waals surface area (Å²) < 4.78 is 60.8. The van der Waals surface area contributed by atoms with Crippen LogP contribution in [0.5, 0.6) is 5.75 Å². The van der Waals surface area contributed by atoms with Gasteiger partial charge >= 0.3 is 0 Å². The molecule has 0 N–H and O–H groups in total. The zero-order chi connectivity index (χ0) is 24.1. The van der Waals surface area contributed by atoms with Gasteiger partial charge in [-0.05, 0) is 72.7 Å². The molecule has 0 spiro atoms. The fourth-order valence-corrected chi connectivity index (χ4v) is 3.47. The highest BCUT2D eigenvalue weighted by molar-refractivity contribution is 5.84. The molecular formula is C28H21F4NO. The Balaban J connectivity index is 1.44. The van der Waals surface area contributed by atoms with E-state index in [-0.39, 0.29) is 16.3 Å². The Morgan fingerprint density at radius 1 is 0.824 bits per heavy atom. The number of aromatic nitrogens is 1. The molecule has 4 rings (SSSR count). The van der Waals surface area contributed by atoms with Crippen molar-refractivity contribution < 1.29 is 22.3 Å². The van der Waals surface area contributed by atoms with Crippen LogP contribution in [-0.4, -0.2) is 11.6 Å². The van der Waals surface area contributed by atoms with Crippen molar-refractivity contribution in [2.75, 3.05) is 6.61 Å². The van der Waals surface area contributed by atoms with Crippen LogP contribution in [0.25, 0.3) is 10.8 Å². The zero-order valence-electron chi connectivity index (χ0n) is 18.5. The van der Waals surface area contributed by atoms with Crippen LogP contribution < -0.4 is 4.74 Å². The van der Waals surface area contributed by atoms with E-state index in [0.717, 1.165) is 29.5 Å². The number of hydrogen-bond donors (Lipinski definition) is 0. The zero-order valence-corrected chi connectivity index (χ0v) is 18.5. The Hall–Kier alpha value is -3.85. The molecule has 1 heterocycles. The monoisotopic (exact) mass is 463 g/mol. The Bertz CT molecular complexity index is 1390. The molecule has 0 aliphatic rings. The number of rotatable bonds is 6. The van der Waals surface area contributed by atoms with Crippen molar-refractivity contribution in [2.45, 2.75) is 26.2 Å². The molecule has 6 heteroatoms. The second kappa shape index (κ2) is 10.4. The van der Waals surface area contributed by atoms with Gasteiger partial charge < -0.3 is 4.74 Å². The number of aryl methyl sites for hydroxylation is 2. The number of benzene rings is 3. The van der Waals surface area contributed by atoms with Gasteiger partial charge in [0.15, 0.2) is 17.5 Å². The van der Waals surface area contributed by atoms with E-state index in [2.05, 4.69) is 16.8 Å². The highest BCUT2D eigenvalue weighted by atomic mass is 19.2. The maximum atomic E-state index is 14.6. The Morgan fingerprint density at radius 2 is 1.68 bits per heavy atom. The van der Waals surface area contributed by atoms with Gasteiger partial charge in [-0.15, -0.1) is 0 Å². The van der Waals surface area contributed by atoms with Gasteiger partial charge in [-0.25, -0.2) is 17.6 Å². The third-order valence-corrected chi connectivity index (χ3v) is 5.29. The van der Waals surface area contributed by atoms with E-state index in [1.807, 2.05) is 19.1 Å². The van der Waals surface area contributed by atoms with Crippen molar-refractivity contribution in [3.63, 3.8) is 0 Å². The third kappa shape index (κ3) is 5.37. The SMILES string of the molecule is CCCOc1ccc(CCc2ccc(C#Cc3ccc4c(F)c(F)c(F)cc4c3)c(F)c2)nc1. The molecule has 4 aromatic rings. The number of hydrogen-bond acceptors (Lipinski definition) is 2. The summed E-state index contributed by atoms with van der Waals surface area (Å²) in [5.41, 5.74) is 2.33. The first-order valence-corrected chi connectivity index (χ1v) is 10.9. The van der Waals surface area contributed by atoms with Crippen molar-refractivity contribution >= 4 is 10.8 Å². The number of nitrogens with zero attached hydrogens (tertiary/aromatic N) is 1. The molecule has 0 aliphatic carbocycles. The number of halogens is 4. The second-order valence-corrected chi connectivity index (χ2v) is 7.82. The predicted octanol–water partition coefficient (Wildman–Crippen LogP) is 6.77. The fourth-order valence-electron chi connectivity index (χ4n) is 3.47. The molecule has 1 aromatic heterocycles. The highest BCUT2D eigenvalue weighted by Crippen LogP contribution is 2.24. The van der Waals surface area contributed by atoms with Crippen LogP contribution in [0.15, 0.2) is 60.8 Å². The molecule has 0 amide bonds. The van der Waals surface area contributed by atoms with E-state index in [1.165, 1.54) is 24.3 Å². The van der Waals surface area contributed by atoms with Crippen molar-refractivity contribution in [3.8, 4) is 17.6 Å². The Kier molecular flexibility index (Phi) is 7.12. The van der Waals surface area contributed by atoms with E-state index in [4.69, 9.17) is 4.74 Å². The molecule has 0 radical (unpaired) electrons. The Labute approximate surface area is 195 Å². The summed E-state index contributed by atoms with van der Waals surface area (Å²) in [6.45, 7) is 2.68. The average molecular weight is 463 g/mol. The van der Waals surface area contributed by atoms with Crippen LogP contribution in [0, 0.1) is 35.1 Å². The van der Waals surface area contributed by atoms with Crippen LogP contribution in [0.1, 0.15) is 35.7 Å². The maximum Gasteiger partial charge on any atom is 0.195 e. The first-order valence-electron chi connectivity index (χ1n) is 10.9. The minimum absolute atomic E-state index is 0.0439. The number of fused-ring (bicyclic) bond motifs is 1. The lowest BCUT2D eigenvalue weighted by atomic mass is 10.0. The van der Waals surface area contributed by atoms with Crippen molar-refractivity contribution in [2.24, 2.45) is 0 Å². The normalized spacial score (nSPS) is 10.7. The number of pyridine rings is 1. The summed E-state index contributed by atoms with van der Waals surface area (Å²) in [5.74, 6) is 1.79. The topological polar surface area (TPSA) is 22.1 Å². The van der Waals surface area contributed by atoms with Crippen LogP contribution in [-0.2, 0) is 12.8 Å². The summed E-state index contributed by atoms with van der Waals surface area (Å²) in [4.78, 5) is 4.38. The summed E-state index contributed by atoms with van der Waals surface area (Å²) in [6.07, 6.45) is 3.89. The van der Waals surface area contributed by atoms with Gasteiger partial charge in [-0.2, -0.15) is 0 Å². The first-order chi connectivity index (χ1) is 16.4. The molecular weight excluding hydrogens is 442 g/mol.